The first kappa shape index (κ1) is 18.4. The molecule has 1 aromatic heterocycles. The summed E-state index contributed by atoms with van der Waals surface area (Å²) in [5, 5.41) is 5.69. The van der Waals surface area contributed by atoms with Crippen molar-refractivity contribution >= 4 is 34.1 Å². The number of thiazole rings is 1. The first-order chi connectivity index (χ1) is 12.1. The zero-order valence-corrected chi connectivity index (χ0v) is 16.5. The summed E-state index contributed by atoms with van der Waals surface area (Å²) in [5.74, 6) is 1.18. The van der Waals surface area contributed by atoms with Gasteiger partial charge in [-0.15, -0.1) is 23.1 Å². The lowest BCUT2D eigenvalue weighted by molar-refractivity contribution is -0.113. The molecule has 0 aliphatic carbocycles. The zero-order valence-electron chi connectivity index (χ0n) is 14.8. The third-order valence-corrected chi connectivity index (χ3v) is 6.36. The topological polar surface area (TPSA) is 45.2 Å². The molecule has 0 bridgehead atoms. The molecule has 1 aromatic carbocycles. The Morgan fingerprint density at radius 2 is 2.28 bits per heavy atom. The predicted octanol–water partition coefficient (Wildman–Crippen LogP) is 4.41. The van der Waals surface area contributed by atoms with Crippen molar-refractivity contribution in [1.29, 1.82) is 0 Å². The van der Waals surface area contributed by atoms with Crippen LogP contribution >= 0.6 is 23.1 Å². The van der Waals surface area contributed by atoms with Crippen LogP contribution in [0.15, 0.2) is 34.5 Å². The molecule has 4 nitrogen and oxygen atoms in total. The summed E-state index contributed by atoms with van der Waals surface area (Å²) < 4.78 is 0. The van der Waals surface area contributed by atoms with Crippen molar-refractivity contribution in [2.45, 2.75) is 38.1 Å². The summed E-state index contributed by atoms with van der Waals surface area (Å²) in [7, 11) is 0. The Balaban J connectivity index is 1.47. The number of nitrogens with zero attached hydrogens (tertiary/aromatic N) is 2. The minimum atomic E-state index is 0.000692. The van der Waals surface area contributed by atoms with Gasteiger partial charge in [0.2, 0.25) is 5.91 Å². The zero-order chi connectivity index (χ0) is 17.6. The molecule has 2 heterocycles. The number of nitrogens with one attached hydrogen (secondary N) is 1. The number of aryl methyl sites for hydroxylation is 1. The molecule has 2 aromatic rings. The maximum Gasteiger partial charge on any atom is 0.236 e. The number of hydrogen-bond donors (Lipinski definition) is 1. The Bertz CT molecular complexity index is 716. The molecule has 3 rings (SSSR count). The number of hydrogen-bond acceptors (Lipinski definition) is 5. The highest BCUT2D eigenvalue weighted by Gasteiger charge is 2.17. The van der Waals surface area contributed by atoms with Gasteiger partial charge in [0.25, 0.3) is 0 Å². The van der Waals surface area contributed by atoms with Crippen LogP contribution in [0.2, 0.25) is 0 Å². The van der Waals surface area contributed by atoms with Crippen molar-refractivity contribution in [1.82, 2.24) is 9.88 Å². The molecule has 1 N–H and O–H groups in total. The van der Waals surface area contributed by atoms with Crippen LogP contribution in [0.4, 0.5) is 5.13 Å². The second-order valence-electron chi connectivity index (χ2n) is 6.73. The van der Waals surface area contributed by atoms with Crippen molar-refractivity contribution in [3.8, 4) is 0 Å². The molecule has 1 aliphatic rings. The van der Waals surface area contributed by atoms with Crippen LogP contribution in [0.3, 0.4) is 0 Å². The average molecular weight is 376 g/mol. The molecular weight excluding hydrogens is 350 g/mol. The Labute approximate surface area is 158 Å². The fourth-order valence-corrected chi connectivity index (χ4v) is 4.66. The van der Waals surface area contributed by atoms with Gasteiger partial charge in [0.15, 0.2) is 5.13 Å². The van der Waals surface area contributed by atoms with Gasteiger partial charge in [0, 0.05) is 23.4 Å². The number of rotatable bonds is 6. The number of anilines is 1. The monoisotopic (exact) mass is 375 g/mol. The van der Waals surface area contributed by atoms with Crippen LogP contribution in [-0.2, 0) is 11.3 Å². The summed E-state index contributed by atoms with van der Waals surface area (Å²) in [6.45, 7) is 7.55. The van der Waals surface area contributed by atoms with Gasteiger partial charge in [-0.1, -0.05) is 25.1 Å². The normalized spacial score (nSPS) is 18.2. The van der Waals surface area contributed by atoms with Crippen molar-refractivity contribution in [2.24, 2.45) is 5.92 Å². The summed E-state index contributed by atoms with van der Waals surface area (Å²) >= 11 is 3.08. The van der Waals surface area contributed by atoms with Crippen LogP contribution in [0.5, 0.6) is 0 Å². The number of carbonyl (C=O) groups is 1. The highest BCUT2D eigenvalue weighted by molar-refractivity contribution is 8.00. The number of thioether (sulfide) groups is 1. The van der Waals surface area contributed by atoms with E-state index in [-0.39, 0.29) is 5.91 Å². The Hall–Kier alpha value is -1.37. The largest absolute Gasteiger partial charge is 0.301 e. The lowest BCUT2D eigenvalue weighted by Gasteiger charge is -2.30. The van der Waals surface area contributed by atoms with Gasteiger partial charge >= 0.3 is 0 Å². The van der Waals surface area contributed by atoms with Gasteiger partial charge in [0.05, 0.1) is 11.4 Å². The molecule has 6 heteroatoms. The van der Waals surface area contributed by atoms with Crippen molar-refractivity contribution < 1.29 is 4.79 Å². The van der Waals surface area contributed by atoms with E-state index in [1.807, 2.05) is 18.2 Å². The number of benzene rings is 1. The molecular formula is C19H25N3OS2. The smallest absolute Gasteiger partial charge is 0.236 e. The first-order valence-corrected chi connectivity index (χ1v) is 10.6. The predicted molar refractivity (Wildman–Crippen MR) is 106 cm³/mol. The van der Waals surface area contributed by atoms with Crippen LogP contribution in [0.1, 0.15) is 31.0 Å². The molecule has 1 fully saturated rings. The number of carbonyl (C=O) groups excluding carboxylic acids is 1. The molecule has 134 valence electrons. The minimum absolute atomic E-state index is 0.000692. The van der Waals surface area contributed by atoms with E-state index < -0.39 is 0 Å². The average Bonchev–Trinajstić information content (AvgIpc) is 3.01. The van der Waals surface area contributed by atoms with Gasteiger partial charge in [-0.3, -0.25) is 9.69 Å². The van der Waals surface area contributed by atoms with E-state index in [4.69, 9.17) is 0 Å². The molecule has 1 aliphatic heterocycles. The maximum absolute atomic E-state index is 12.2. The van der Waals surface area contributed by atoms with Crippen LogP contribution in [0.25, 0.3) is 0 Å². The maximum atomic E-state index is 12.2. The number of aromatic nitrogens is 1. The Morgan fingerprint density at radius 3 is 3.08 bits per heavy atom. The van der Waals surface area contributed by atoms with Crippen molar-refractivity contribution in [3.05, 3.63) is 40.9 Å². The number of piperidine rings is 1. The summed E-state index contributed by atoms with van der Waals surface area (Å²) in [5.41, 5.74) is 2.26. The third kappa shape index (κ3) is 5.56. The molecule has 25 heavy (non-hydrogen) atoms. The number of amides is 1. The SMILES string of the molecule is Cc1ccccc1SCC(=O)Nc1nc(CN2CCCC(C)C2)cs1. The lowest BCUT2D eigenvalue weighted by Crippen LogP contribution is -2.33. The van der Waals surface area contributed by atoms with Crippen molar-refractivity contribution in [2.75, 3.05) is 24.2 Å². The quantitative estimate of drug-likeness (QED) is 0.760. The molecule has 0 radical (unpaired) electrons. The molecule has 1 saturated heterocycles. The van der Waals surface area contributed by atoms with E-state index in [1.165, 1.54) is 29.7 Å². The van der Waals surface area contributed by atoms with Gasteiger partial charge < -0.3 is 5.32 Å². The highest BCUT2D eigenvalue weighted by Crippen LogP contribution is 2.23. The van der Waals surface area contributed by atoms with Gasteiger partial charge in [-0.25, -0.2) is 4.98 Å². The van der Waals surface area contributed by atoms with E-state index in [2.05, 4.69) is 40.5 Å². The molecule has 1 amide bonds. The molecule has 1 atom stereocenters. The van der Waals surface area contributed by atoms with E-state index in [0.717, 1.165) is 36.1 Å². The van der Waals surface area contributed by atoms with E-state index >= 15 is 0 Å². The van der Waals surface area contributed by atoms with E-state index in [0.29, 0.717) is 10.9 Å². The van der Waals surface area contributed by atoms with Crippen molar-refractivity contribution in [3.63, 3.8) is 0 Å². The van der Waals surface area contributed by atoms with Gasteiger partial charge in [-0.05, 0) is 43.9 Å². The van der Waals surface area contributed by atoms with Gasteiger partial charge in [0.1, 0.15) is 0 Å². The highest BCUT2D eigenvalue weighted by atomic mass is 32.2. The third-order valence-electron chi connectivity index (χ3n) is 4.38. The second kappa shape index (κ2) is 8.83. The first-order valence-electron chi connectivity index (χ1n) is 8.75. The minimum Gasteiger partial charge on any atom is -0.301 e. The molecule has 1 unspecified atom stereocenters. The standard InChI is InChI=1S/C19H25N3OS2/c1-14-6-5-9-22(10-14)11-16-12-25-19(20-16)21-18(23)13-24-17-8-4-3-7-15(17)2/h3-4,7-8,12,14H,5-6,9-11,13H2,1-2H3,(H,20,21,23). The molecule has 0 saturated carbocycles. The number of likely N-dealkylation sites (tertiary alicyclic amines) is 1. The summed E-state index contributed by atoms with van der Waals surface area (Å²) in [6, 6.07) is 8.13. The lowest BCUT2D eigenvalue weighted by atomic mass is 10.0. The Morgan fingerprint density at radius 1 is 1.44 bits per heavy atom. The molecule has 0 spiro atoms. The second-order valence-corrected chi connectivity index (χ2v) is 8.60. The van der Waals surface area contributed by atoms with E-state index in [9.17, 15) is 4.79 Å². The van der Waals surface area contributed by atoms with E-state index in [1.54, 1.807) is 11.8 Å². The van der Waals surface area contributed by atoms with Crippen LogP contribution in [-0.4, -0.2) is 34.6 Å². The summed E-state index contributed by atoms with van der Waals surface area (Å²) in [4.78, 5) is 20.4. The van der Waals surface area contributed by atoms with Gasteiger partial charge in [-0.2, -0.15) is 0 Å². The fourth-order valence-electron chi connectivity index (χ4n) is 3.11. The summed E-state index contributed by atoms with van der Waals surface area (Å²) in [6.07, 6.45) is 2.60. The Kier molecular flexibility index (Phi) is 6.51. The van der Waals surface area contributed by atoms with Crippen LogP contribution in [0, 0.1) is 12.8 Å². The van der Waals surface area contributed by atoms with Crippen LogP contribution < -0.4 is 5.32 Å². The fraction of sp³-hybridized carbons (Fsp3) is 0.474.